The van der Waals surface area contributed by atoms with E-state index in [1.807, 2.05) is 13.8 Å². The molecule has 2 rings (SSSR count). The van der Waals surface area contributed by atoms with Crippen LogP contribution in [-0.2, 0) is 0 Å². The molecule has 0 atom stereocenters. The van der Waals surface area contributed by atoms with E-state index in [1.54, 1.807) is 24.3 Å². The molecule has 0 N–H and O–H groups in total. The van der Waals surface area contributed by atoms with Gasteiger partial charge in [0, 0.05) is 11.1 Å². The Morgan fingerprint density at radius 2 is 1.35 bits per heavy atom. The first-order chi connectivity index (χ1) is 11.1. The standard InChI is InChI=1S/C10H10O2.C9H18.C2H6/c1-7(11)9-5-3-4-6-10(9)8(2)12;1-2-6-9-7-4-3-5-8-9;1-2/h3-6H,1-2H3;9H,2-8H2,1H3;1-2H3. The maximum absolute atomic E-state index is 11.0. The van der Waals surface area contributed by atoms with Crippen molar-refractivity contribution >= 4 is 11.6 Å². The summed E-state index contributed by atoms with van der Waals surface area (Å²) >= 11 is 0. The van der Waals surface area contributed by atoms with Gasteiger partial charge in [0.15, 0.2) is 11.6 Å². The van der Waals surface area contributed by atoms with Crippen molar-refractivity contribution in [2.75, 3.05) is 0 Å². The fourth-order valence-electron chi connectivity index (χ4n) is 2.98. The highest BCUT2D eigenvalue weighted by molar-refractivity contribution is 6.07. The molecule has 1 aliphatic carbocycles. The van der Waals surface area contributed by atoms with Crippen LogP contribution in [-0.4, -0.2) is 11.6 Å². The number of carbonyl (C=O) groups is 2. The summed E-state index contributed by atoms with van der Waals surface area (Å²) in [6, 6.07) is 6.84. The van der Waals surface area contributed by atoms with E-state index < -0.39 is 0 Å². The number of Topliss-reactive ketones (excluding diaryl/α,β-unsaturated/α-hetero) is 2. The van der Waals surface area contributed by atoms with Crippen LogP contribution in [0.1, 0.15) is 100 Å². The number of hydrogen-bond donors (Lipinski definition) is 0. The topological polar surface area (TPSA) is 34.1 Å². The monoisotopic (exact) mass is 318 g/mol. The van der Waals surface area contributed by atoms with Crippen molar-refractivity contribution in [3.8, 4) is 0 Å². The maximum atomic E-state index is 11.0. The molecule has 23 heavy (non-hydrogen) atoms. The molecule has 1 aliphatic rings. The molecular weight excluding hydrogens is 284 g/mol. The van der Waals surface area contributed by atoms with Gasteiger partial charge in [-0.15, -0.1) is 0 Å². The van der Waals surface area contributed by atoms with Crippen molar-refractivity contribution in [3.63, 3.8) is 0 Å². The Bertz CT molecular complexity index is 421. The predicted octanol–water partition coefficient (Wildman–Crippen LogP) is 6.48. The predicted molar refractivity (Wildman–Crippen MR) is 99.3 cm³/mol. The van der Waals surface area contributed by atoms with E-state index in [1.165, 1.54) is 58.8 Å². The fourth-order valence-corrected chi connectivity index (χ4v) is 2.98. The largest absolute Gasteiger partial charge is 0.294 e. The summed E-state index contributed by atoms with van der Waals surface area (Å²) in [5.41, 5.74) is 1.01. The molecule has 130 valence electrons. The summed E-state index contributed by atoms with van der Waals surface area (Å²) in [6.45, 7) is 9.22. The van der Waals surface area contributed by atoms with Crippen molar-refractivity contribution in [3.05, 3.63) is 35.4 Å². The second kappa shape index (κ2) is 13.0. The van der Waals surface area contributed by atoms with Crippen molar-refractivity contribution in [2.24, 2.45) is 5.92 Å². The lowest BCUT2D eigenvalue weighted by atomic mass is 9.86. The first kappa shape index (κ1) is 21.6. The van der Waals surface area contributed by atoms with Crippen LogP contribution in [0.25, 0.3) is 0 Å². The zero-order valence-electron chi connectivity index (χ0n) is 15.7. The molecule has 0 aliphatic heterocycles. The lowest BCUT2D eigenvalue weighted by molar-refractivity contribution is 0.0981. The Balaban J connectivity index is 0.000000392. The molecule has 1 fully saturated rings. The highest BCUT2D eigenvalue weighted by Crippen LogP contribution is 2.26. The minimum absolute atomic E-state index is 0.0687. The van der Waals surface area contributed by atoms with Crippen LogP contribution in [0.3, 0.4) is 0 Å². The number of benzene rings is 1. The lowest BCUT2D eigenvalue weighted by Crippen LogP contribution is -2.04. The van der Waals surface area contributed by atoms with Gasteiger partial charge >= 0.3 is 0 Å². The number of ketones is 2. The van der Waals surface area contributed by atoms with Crippen LogP contribution < -0.4 is 0 Å². The number of rotatable bonds is 4. The molecular formula is C21H34O2. The first-order valence-electron chi connectivity index (χ1n) is 9.17. The van der Waals surface area contributed by atoms with Crippen molar-refractivity contribution in [1.29, 1.82) is 0 Å². The maximum Gasteiger partial charge on any atom is 0.160 e. The molecule has 1 aromatic rings. The van der Waals surface area contributed by atoms with Gasteiger partial charge in [-0.2, -0.15) is 0 Å². The van der Waals surface area contributed by atoms with Crippen LogP contribution >= 0.6 is 0 Å². The third-order valence-electron chi connectivity index (χ3n) is 4.11. The average Bonchev–Trinajstić information content (AvgIpc) is 2.58. The highest BCUT2D eigenvalue weighted by Gasteiger charge is 2.11. The summed E-state index contributed by atoms with van der Waals surface area (Å²) < 4.78 is 0. The van der Waals surface area contributed by atoms with Gasteiger partial charge in [0.1, 0.15) is 0 Å². The van der Waals surface area contributed by atoms with Crippen molar-refractivity contribution in [2.45, 2.75) is 79.6 Å². The average molecular weight is 319 g/mol. The normalized spacial score (nSPS) is 14.0. The van der Waals surface area contributed by atoms with Crippen LogP contribution in [0.15, 0.2) is 24.3 Å². The van der Waals surface area contributed by atoms with Gasteiger partial charge in [-0.25, -0.2) is 0 Å². The van der Waals surface area contributed by atoms with E-state index in [9.17, 15) is 9.59 Å². The SMILES string of the molecule is CC.CC(=O)c1ccccc1C(C)=O.CCCC1CCCCC1. The first-order valence-corrected chi connectivity index (χ1v) is 9.17. The van der Waals surface area contributed by atoms with E-state index in [2.05, 4.69) is 6.92 Å². The molecule has 0 bridgehead atoms. The molecule has 0 radical (unpaired) electrons. The van der Waals surface area contributed by atoms with Crippen LogP contribution in [0.4, 0.5) is 0 Å². The van der Waals surface area contributed by atoms with Crippen molar-refractivity contribution < 1.29 is 9.59 Å². The van der Waals surface area contributed by atoms with E-state index in [0.717, 1.165) is 5.92 Å². The van der Waals surface area contributed by atoms with Gasteiger partial charge in [0.2, 0.25) is 0 Å². The molecule has 0 unspecified atom stereocenters. The Morgan fingerprint density at radius 3 is 1.70 bits per heavy atom. The fraction of sp³-hybridized carbons (Fsp3) is 0.619. The Morgan fingerprint density at radius 1 is 0.913 bits per heavy atom. The molecule has 0 spiro atoms. The summed E-state index contributed by atoms with van der Waals surface area (Å²) in [6.07, 6.45) is 10.4. The van der Waals surface area contributed by atoms with E-state index in [-0.39, 0.29) is 11.6 Å². The van der Waals surface area contributed by atoms with E-state index >= 15 is 0 Å². The van der Waals surface area contributed by atoms with Gasteiger partial charge in [-0.3, -0.25) is 9.59 Å². The second-order valence-electron chi connectivity index (χ2n) is 5.95. The smallest absolute Gasteiger partial charge is 0.160 e. The molecule has 1 aromatic carbocycles. The highest BCUT2D eigenvalue weighted by atomic mass is 16.1. The molecule has 2 heteroatoms. The lowest BCUT2D eigenvalue weighted by Gasteiger charge is -2.20. The Hall–Kier alpha value is -1.44. The summed E-state index contributed by atoms with van der Waals surface area (Å²) in [5.74, 6) is 0.963. The van der Waals surface area contributed by atoms with Crippen LogP contribution in [0.5, 0.6) is 0 Å². The molecule has 0 amide bonds. The van der Waals surface area contributed by atoms with Gasteiger partial charge < -0.3 is 0 Å². The molecule has 0 aromatic heterocycles. The molecule has 2 nitrogen and oxygen atoms in total. The van der Waals surface area contributed by atoms with Crippen molar-refractivity contribution in [1.82, 2.24) is 0 Å². The summed E-state index contributed by atoms with van der Waals surface area (Å²) in [7, 11) is 0. The minimum Gasteiger partial charge on any atom is -0.294 e. The quantitative estimate of drug-likeness (QED) is 0.595. The minimum atomic E-state index is -0.0687. The Labute approximate surface area is 142 Å². The summed E-state index contributed by atoms with van der Waals surface area (Å²) in [5, 5.41) is 0. The van der Waals surface area contributed by atoms with Gasteiger partial charge in [0.25, 0.3) is 0 Å². The zero-order valence-corrected chi connectivity index (χ0v) is 15.7. The van der Waals surface area contributed by atoms with E-state index in [4.69, 9.17) is 0 Å². The second-order valence-corrected chi connectivity index (χ2v) is 5.95. The van der Waals surface area contributed by atoms with Gasteiger partial charge in [-0.05, 0) is 19.8 Å². The molecule has 0 saturated heterocycles. The number of hydrogen-bond acceptors (Lipinski definition) is 2. The third-order valence-corrected chi connectivity index (χ3v) is 4.11. The number of carbonyl (C=O) groups excluding carboxylic acids is 2. The third kappa shape index (κ3) is 8.68. The molecule has 1 saturated carbocycles. The van der Waals surface area contributed by atoms with Crippen LogP contribution in [0.2, 0.25) is 0 Å². The Kier molecular flexibility index (Phi) is 12.2. The van der Waals surface area contributed by atoms with Crippen LogP contribution in [0, 0.1) is 5.92 Å². The van der Waals surface area contributed by atoms with Gasteiger partial charge in [-0.1, -0.05) is 90.0 Å². The summed E-state index contributed by atoms with van der Waals surface area (Å²) in [4.78, 5) is 22.0. The zero-order chi connectivity index (χ0) is 17.7. The van der Waals surface area contributed by atoms with Gasteiger partial charge in [0.05, 0.1) is 0 Å². The molecule has 0 heterocycles. The van der Waals surface area contributed by atoms with E-state index in [0.29, 0.717) is 11.1 Å².